The maximum atomic E-state index is 14.5. The molecule has 3 aromatic rings. The van der Waals surface area contributed by atoms with Crippen molar-refractivity contribution in [1.82, 2.24) is 14.7 Å². The maximum Gasteiger partial charge on any atom is 0.281 e. The Hall–Kier alpha value is -3.73. The number of hydrogen-bond acceptors (Lipinski definition) is 8. The number of aromatic nitrogens is 2. The number of nitrogens with one attached hydrogen (secondary N) is 1. The van der Waals surface area contributed by atoms with Gasteiger partial charge in [-0.15, -0.1) is 0 Å². The molecular formula is C28H34FN5O4S. The van der Waals surface area contributed by atoms with Gasteiger partial charge in [0.25, 0.3) is 15.9 Å². The van der Waals surface area contributed by atoms with Gasteiger partial charge in [-0.3, -0.25) is 4.79 Å². The van der Waals surface area contributed by atoms with Crippen molar-refractivity contribution < 1.29 is 22.3 Å². The Labute approximate surface area is 228 Å². The van der Waals surface area contributed by atoms with Crippen LogP contribution in [-0.2, 0) is 10.0 Å². The van der Waals surface area contributed by atoms with E-state index >= 15 is 0 Å². The molecular weight excluding hydrogens is 521 g/mol. The number of rotatable bonds is 8. The zero-order chi connectivity index (χ0) is 28.5. The SMILES string of the molecule is CC(C)COc1cc(F)cc(-c2ccc(C(=O)NS(=O)(=O)c3cccc(N)n3)c(N3CCC(C)(C)[C@H]3C)n2)c1. The number of anilines is 2. The monoisotopic (exact) mass is 555 g/mol. The molecule has 3 N–H and O–H groups in total. The molecule has 0 spiro atoms. The summed E-state index contributed by atoms with van der Waals surface area (Å²) in [5.74, 6) is -0.374. The van der Waals surface area contributed by atoms with E-state index in [-0.39, 0.29) is 33.8 Å². The number of carbonyl (C=O) groups excluding carboxylic acids is 1. The molecule has 208 valence electrons. The van der Waals surface area contributed by atoms with Crippen LogP contribution < -0.4 is 20.1 Å². The fourth-order valence-corrected chi connectivity index (χ4v) is 5.34. The summed E-state index contributed by atoms with van der Waals surface area (Å²) in [6.45, 7) is 11.3. The number of sulfonamides is 1. The van der Waals surface area contributed by atoms with Crippen LogP contribution in [0.15, 0.2) is 53.6 Å². The van der Waals surface area contributed by atoms with Gasteiger partial charge in [-0.05, 0) is 61.1 Å². The van der Waals surface area contributed by atoms with Gasteiger partial charge >= 0.3 is 0 Å². The van der Waals surface area contributed by atoms with E-state index in [9.17, 15) is 17.6 Å². The van der Waals surface area contributed by atoms with Gasteiger partial charge in [0.15, 0.2) is 5.03 Å². The van der Waals surface area contributed by atoms with E-state index in [4.69, 9.17) is 15.5 Å². The number of carbonyl (C=O) groups is 1. The highest BCUT2D eigenvalue weighted by atomic mass is 32.2. The highest BCUT2D eigenvalue weighted by molar-refractivity contribution is 7.90. The van der Waals surface area contributed by atoms with E-state index in [2.05, 4.69) is 23.6 Å². The molecule has 4 rings (SSSR count). The first-order valence-corrected chi connectivity index (χ1v) is 14.3. The van der Waals surface area contributed by atoms with Gasteiger partial charge in [-0.25, -0.2) is 19.1 Å². The minimum Gasteiger partial charge on any atom is -0.493 e. The summed E-state index contributed by atoms with van der Waals surface area (Å²) in [7, 11) is -4.30. The fraction of sp³-hybridized carbons (Fsp3) is 0.393. The van der Waals surface area contributed by atoms with E-state index in [1.807, 2.05) is 25.7 Å². The Kier molecular flexibility index (Phi) is 7.83. The number of nitrogens with zero attached hydrogens (tertiary/aromatic N) is 3. The summed E-state index contributed by atoms with van der Waals surface area (Å²) < 4.78 is 48.1. The zero-order valence-corrected chi connectivity index (χ0v) is 23.5. The van der Waals surface area contributed by atoms with Crippen molar-refractivity contribution in [1.29, 1.82) is 0 Å². The highest BCUT2D eigenvalue weighted by Crippen LogP contribution is 2.40. The van der Waals surface area contributed by atoms with Crippen LogP contribution in [0.25, 0.3) is 11.3 Å². The van der Waals surface area contributed by atoms with Crippen molar-refractivity contribution >= 4 is 27.6 Å². The highest BCUT2D eigenvalue weighted by Gasteiger charge is 2.39. The van der Waals surface area contributed by atoms with Gasteiger partial charge in [0.2, 0.25) is 0 Å². The molecule has 0 saturated carbocycles. The van der Waals surface area contributed by atoms with Gasteiger partial charge in [-0.2, -0.15) is 8.42 Å². The Morgan fingerprint density at radius 3 is 2.59 bits per heavy atom. The molecule has 1 atom stereocenters. The third-order valence-corrected chi connectivity index (χ3v) is 8.22. The van der Waals surface area contributed by atoms with Crippen LogP contribution in [0.5, 0.6) is 5.75 Å². The molecule has 0 unspecified atom stereocenters. The van der Waals surface area contributed by atoms with E-state index in [0.29, 0.717) is 36.0 Å². The number of pyridine rings is 2. The second-order valence-corrected chi connectivity index (χ2v) is 12.5. The molecule has 39 heavy (non-hydrogen) atoms. The summed E-state index contributed by atoms with van der Waals surface area (Å²) >= 11 is 0. The summed E-state index contributed by atoms with van der Waals surface area (Å²) in [5.41, 5.74) is 6.53. The average molecular weight is 556 g/mol. The number of nitrogens with two attached hydrogens (primary N) is 1. The third-order valence-electron chi connectivity index (χ3n) is 6.99. The molecule has 1 aliphatic heterocycles. The van der Waals surface area contributed by atoms with E-state index in [1.54, 1.807) is 12.1 Å². The first kappa shape index (κ1) is 28.3. The van der Waals surface area contributed by atoms with Crippen molar-refractivity contribution in [3.8, 4) is 17.0 Å². The largest absolute Gasteiger partial charge is 0.493 e. The molecule has 0 aliphatic carbocycles. The lowest BCUT2D eigenvalue weighted by atomic mass is 9.86. The second-order valence-electron chi connectivity index (χ2n) is 10.9. The number of nitrogen functional groups attached to an aromatic ring is 1. The van der Waals surface area contributed by atoms with Crippen LogP contribution in [-0.4, -0.2) is 43.5 Å². The van der Waals surface area contributed by atoms with Gasteiger partial charge in [0.1, 0.15) is 23.2 Å². The summed E-state index contributed by atoms with van der Waals surface area (Å²) in [5, 5.41) is -0.369. The summed E-state index contributed by atoms with van der Waals surface area (Å²) in [4.78, 5) is 23.9. The maximum absolute atomic E-state index is 14.5. The van der Waals surface area contributed by atoms with E-state index in [1.165, 1.54) is 36.4 Å². The molecule has 11 heteroatoms. The fourth-order valence-electron chi connectivity index (χ4n) is 4.39. The number of ether oxygens (including phenoxy) is 1. The first-order chi connectivity index (χ1) is 18.3. The van der Waals surface area contributed by atoms with Gasteiger partial charge < -0.3 is 15.4 Å². The normalized spacial score (nSPS) is 16.9. The standard InChI is InChI=1S/C28H34FN5O4S/c1-17(2)16-38-21-14-19(13-20(29)15-21)23-10-9-22(26(31-23)34-12-11-28(4,5)18(34)3)27(35)33-39(36,37)25-8-6-7-24(30)32-25/h6-10,13-15,17-18H,11-12,16H2,1-5H3,(H2,30,32)(H,33,35)/t18-/m1/s1. The van der Waals surface area contributed by atoms with E-state index in [0.717, 1.165) is 6.42 Å². The molecule has 1 aromatic carbocycles. The Balaban J connectivity index is 1.75. The second kappa shape index (κ2) is 10.8. The van der Waals surface area contributed by atoms with Gasteiger partial charge in [-0.1, -0.05) is 33.8 Å². The van der Waals surface area contributed by atoms with Crippen molar-refractivity contribution in [2.75, 3.05) is 23.8 Å². The van der Waals surface area contributed by atoms with E-state index < -0.39 is 21.7 Å². The smallest absolute Gasteiger partial charge is 0.281 e. The Bertz CT molecular complexity index is 1490. The summed E-state index contributed by atoms with van der Waals surface area (Å²) in [6, 6.07) is 11.6. The Morgan fingerprint density at radius 1 is 1.21 bits per heavy atom. The molecule has 1 aliphatic rings. The number of halogens is 1. The number of amides is 1. The predicted octanol–water partition coefficient (Wildman–Crippen LogP) is 4.64. The molecule has 3 heterocycles. The van der Waals surface area contributed by atoms with Crippen LogP contribution >= 0.6 is 0 Å². The third kappa shape index (κ3) is 6.30. The van der Waals surface area contributed by atoms with Crippen molar-refractivity contribution in [3.05, 3.63) is 59.9 Å². The molecule has 2 aromatic heterocycles. The van der Waals surface area contributed by atoms with Crippen LogP contribution in [0.1, 0.15) is 51.4 Å². The van der Waals surface area contributed by atoms with Crippen LogP contribution in [0, 0.1) is 17.2 Å². The quantitative estimate of drug-likeness (QED) is 0.411. The lowest BCUT2D eigenvalue weighted by Crippen LogP contribution is -2.37. The van der Waals surface area contributed by atoms with Crippen molar-refractivity contribution in [2.45, 2.75) is 52.1 Å². The number of hydrogen-bond donors (Lipinski definition) is 2. The first-order valence-electron chi connectivity index (χ1n) is 12.8. The average Bonchev–Trinajstić information content (AvgIpc) is 3.13. The predicted molar refractivity (Wildman–Crippen MR) is 148 cm³/mol. The molecule has 0 radical (unpaired) electrons. The topological polar surface area (TPSA) is 128 Å². The van der Waals surface area contributed by atoms with Gasteiger partial charge in [0.05, 0.1) is 17.9 Å². The summed E-state index contributed by atoms with van der Waals surface area (Å²) in [6.07, 6.45) is 0.847. The van der Waals surface area contributed by atoms with Crippen molar-refractivity contribution in [2.24, 2.45) is 11.3 Å². The van der Waals surface area contributed by atoms with Crippen LogP contribution in [0.3, 0.4) is 0 Å². The van der Waals surface area contributed by atoms with Crippen LogP contribution in [0.4, 0.5) is 16.0 Å². The Morgan fingerprint density at radius 2 is 1.95 bits per heavy atom. The minimum absolute atomic E-state index is 0.00330. The lowest BCUT2D eigenvalue weighted by Gasteiger charge is -2.31. The van der Waals surface area contributed by atoms with Crippen molar-refractivity contribution in [3.63, 3.8) is 0 Å². The molecule has 9 nitrogen and oxygen atoms in total. The van der Waals surface area contributed by atoms with Gasteiger partial charge in [0, 0.05) is 24.2 Å². The lowest BCUT2D eigenvalue weighted by molar-refractivity contribution is 0.0981. The molecule has 1 fully saturated rings. The molecule has 1 amide bonds. The molecule has 0 bridgehead atoms. The number of benzene rings is 1. The zero-order valence-electron chi connectivity index (χ0n) is 22.7. The van der Waals surface area contributed by atoms with Crippen LogP contribution in [0.2, 0.25) is 0 Å². The minimum atomic E-state index is -4.30. The molecule has 1 saturated heterocycles.